The Kier molecular flexibility index (Phi) is 2.40. The first-order valence-electron chi connectivity index (χ1n) is 4.58. The molecule has 0 spiro atoms. The van der Waals surface area contributed by atoms with Gasteiger partial charge in [0, 0.05) is 5.25 Å². The number of hydrogen-bond acceptors (Lipinski definition) is 1. The van der Waals surface area contributed by atoms with Crippen LogP contribution >= 0.6 is 11.8 Å². The van der Waals surface area contributed by atoms with Gasteiger partial charge in [-0.1, -0.05) is 37.3 Å². The van der Waals surface area contributed by atoms with E-state index in [9.17, 15) is 0 Å². The van der Waals surface area contributed by atoms with Gasteiger partial charge in [-0.05, 0) is 23.7 Å². The number of thioether (sulfide) groups is 1. The third kappa shape index (κ3) is 1.66. The first-order valence-corrected chi connectivity index (χ1v) is 5.63. The fraction of sp³-hybridized carbons (Fsp3) is 0.455. The highest BCUT2D eigenvalue weighted by molar-refractivity contribution is 8.00. The molecule has 1 heteroatoms. The molecule has 1 aromatic carbocycles. The Morgan fingerprint density at radius 3 is 2.75 bits per heavy atom. The van der Waals surface area contributed by atoms with E-state index in [1.54, 1.807) is 0 Å². The lowest BCUT2D eigenvalue weighted by molar-refractivity contribution is 1.13. The van der Waals surface area contributed by atoms with Crippen LogP contribution in [0.2, 0.25) is 0 Å². The Hall–Kier alpha value is -0.430. The van der Waals surface area contributed by atoms with Crippen molar-refractivity contribution in [2.75, 3.05) is 5.75 Å². The Labute approximate surface area is 78.4 Å². The highest BCUT2D eigenvalue weighted by Crippen LogP contribution is 2.48. The van der Waals surface area contributed by atoms with E-state index in [1.807, 2.05) is 0 Å². The number of hydrogen-bond donors (Lipinski definition) is 0. The smallest absolute Gasteiger partial charge is 0.0122 e. The molecule has 0 aliphatic heterocycles. The van der Waals surface area contributed by atoms with Gasteiger partial charge in [-0.25, -0.2) is 0 Å². The van der Waals surface area contributed by atoms with E-state index in [-0.39, 0.29) is 0 Å². The zero-order valence-corrected chi connectivity index (χ0v) is 8.18. The third-order valence-electron chi connectivity index (χ3n) is 2.34. The van der Waals surface area contributed by atoms with Crippen LogP contribution in [0.3, 0.4) is 0 Å². The summed E-state index contributed by atoms with van der Waals surface area (Å²) in [5, 5.41) is 0.914. The molecule has 0 bridgehead atoms. The Morgan fingerprint density at radius 2 is 2.08 bits per heavy atom. The molecule has 1 fully saturated rings. The van der Waals surface area contributed by atoms with Crippen molar-refractivity contribution in [3.63, 3.8) is 0 Å². The van der Waals surface area contributed by atoms with Crippen molar-refractivity contribution in [2.45, 2.75) is 24.5 Å². The molecule has 0 radical (unpaired) electrons. The van der Waals surface area contributed by atoms with Crippen LogP contribution in [0.4, 0.5) is 0 Å². The standard InChI is InChI=1S/C11H14S/c1-2-12-11-8-10(11)9-6-4-3-5-7-9/h3-7,10-11H,2,8H2,1H3. The molecule has 1 aliphatic carbocycles. The normalized spacial score (nSPS) is 27.1. The molecule has 0 aromatic heterocycles. The van der Waals surface area contributed by atoms with E-state index >= 15 is 0 Å². The van der Waals surface area contributed by atoms with Crippen LogP contribution < -0.4 is 0 Å². The van der Waals surface area contributed by atoms with Crippen LogP contribution in [0.5, 0.6) is 0 Å². The van der Waals surface area contributed by atoms with Gasteiger partial charge >= 0.3 is 0 Å². The zero-order valence-electron chi connectivity index (χ0n) is 7.36. The van der Waals surface area contributed by atoms with Crippen LogP contribution in [0.15, 0.2) is 30.3 Å². The molecule has 2 atom stereocenters. The molecular formula is C11H14S. The second-order valence-corrected chi connectivity index (χ2v) is 4.76. The van der Waals surface area contributed by atoms with Crippen molar-refractivity contribution < 1.29 is 0 Å². The average molecular weight is 178 g/mol. The maximum atomic E-state index is 2.25. The van der Waals surface area contributed by atoms with Gasteiger partial charge in [0.2, 0.25) is 0 Å². The molecule has 1 aromatic rings. The van der Waals surface area contributed by atoms with Gasteiger partial charge in [0.1, 0.15) is 0 Å². The third-order valence-corrected chi connectivity index (χ3v) is 3.62. The highest BCUT2D eigenvalue weighted by atomic mass is 32.2. The van der Waals surface area contributed by atoms with Crippen molar-refractivity contribution in [1.29, 1.82) is 0 Å². The van der Waals surface area contributed by atoms with Gasteiger partial charge in [-0.15, -0.1) is 0 Å². The molecule has 1 saturated carbocycles. The van der Waals surface area contributed by atoms with Crippen LogP contribution in [0.25, 0.3) is 0 Å². The van der Waals surface area contributed by atoms with Gasteiger partial charge in [-0.3, -0.25) is 0 Å². The van der Waals surface area contributed by atoms with Crippen molar-refractivity contribution in [3.05, 3.63) is 35.9 Å². The molecule has 0 N–H and O–H groups in total. The predicted molar refractivity (Wildman–Crippen MR) is 55.7 cm³/mol. The summed E-state index contributed by atoms with van der Waals surface area (Å²) in [6.45, 7) is 2.24. The highest BCUT2D eigenvalue weighted by Gasteiger charge is 2.37. The van der Waals surface area contributed by atoms with E-state index in [4.69, 9.17) is 0 Å². The summed E-state index contributed by atoms with van der Waals surface area (Å²) in [5.41, 5.74) is 1.53. The minimum atomic E-state index is 0.858. The van der Waals surface area contributed by atoms with Gasteiger partial charge in [0.25, 0.3) is 0 Å². The maximum absolute atomic E-state index is 2.25. The van der Waals surface area contributed by atoms with Crippen molar-refractivity contribution in [3.8, 4) is 0 Å². The summed E-state index contributed by atoms with van der Waals surface area (Å²) in [6, 6.07) is 10.9. The summed E-state index contributed by atoms with van der Waals surface area (Å²) in [7, 11) is 0. The summed E-state index contributed by atoms with van der Waals surface area (Å²) in [4.78, 5) is 0. The fourth-order valence-electron chi connectivity index (χ4n) is 1.62. The number of rotatable bonds is 3. The molecule has 0 heterocycles. The Morgan fingerprint density at radius 1 is 1.33 bits per heavy atom. The lowest BCUT2D eigenvalue weighted by Crippen LogP contribution is -1.83. The van der Waals surface area contributed by atoms with E-state index < -0.39 is 0 Å². The van der Waals surface area contributed by atoms with Crippen LogP contribution in [0.1, 0.15) is 24.8 Å². The second kappa shape index (κ2) is 3.53. The molecular weight excluding hydrogens is 164 g/mol. The molecule has 0 nitrogen and oxygen atoms in total. The zero-order chi connectivity index (χ0) is 8.39. The number of benzene rings is 1. The minimum absolute atomic E-state index is 0.858. The van der Waals surface area contributed by atoms with Crippen molar-refractivity contribution in [1.82, 2.24) is 0 Å². The van der Waals surface area contributed by atoms with Crippen molar-refractivity contribution >= 4 is 11.8 Å². The summed E-state index contributed by atoms with van der Waals surface area (Å²) in [5.74, 6) is 2.12. The summed E-state index contributed by atoms with van der Waals surface area (Å²) >= 11 is 2.10. The largest absolute Gasteiger partial charge is 0.158 e. The van der Waals surface area contributed by atoms with E-state index in [2.05, 4.69) is 49.0 Å². The first-order chi connectivity index (χ1) is 5.92. The SMILES string of the molecule is CCSC1CC1c1ccccc1. The lowest BCUT2D eigenvalue weighted by Gasteiger charge is -1.97. The Bertz CT molecular complexity index is 242. The maximum Gasteiger partial charge on any atom is 0.0122 e. The van der Waals surface area contributed by atoms with Gasteiger partial charge < -0.3 is 0 Å². The first kappa shape index (κ1) is 8.18. The lowest BCUT2D eigenvalue weighted by atomic mass is 10.1. The van der Waals surface area contributed by atoms with Crippen LogP contribution in [0, 0.1) is 0 Å². The summed E-state index contributed by atoms with van der Waals surface area (Å²) in [6.07, 6.45) is 1.39. The van der Waals surface area contributed by atoms with Crippen molar-refractivity contribution in [2.24, 2.45) is 0 Å². The van der Waals surface area contributed by atoms with Crippen LogP contribution in [-0.2, 0) is 0 Å². The molecule has 2 rings (SSSR count). The monoisotopic (exact) mass is 178 g/mol. The van der Waals surface area contributed by atoms with Gasteiger partial charge in [0.05, 0.1) is 0 Å². The molecule has 1 aliphatic rings. The summed E-state index contributed by atoms with van der Waals surface area (Å²) < 4.78 is 0. The topological polar surface area (TPSA) is 0 Å². The minimum Gasteiger partial charge on any atom is -0.158 e. The van der Waals surface area contributed by atoms with E-state index in [0.29, 0.717) is 0 Å². The quantitative estimate of drug-likeness (QED) is 0.684. The van der Waals surface area contributed by atoms with E-state index in [0.717, 1.165) is 11.2 Å². The van der Waals surface area contributed by atoms with Crippen LogP contribution in [-0.4, -0.2) is 11.0 Å². The molecule has 2 unspecified atom stereocenters. The molecule has 0 saturated heterocycles. The molecule has 0 amide bonds. The fourth-order valence-corrected chi connectivity index (χ4v) is 2.78. The second-order valence-electron chi connectivity index (χ2n) is 3.25. The molecule has 64 valence electrons. The molecule has 12 heavy (non-hydrogen) atoms. The van der Waals surface area contributed by atoms with Gasteiger partial charge in [-0.2, -0.15) is 11.8 Å². The van der Waals surface area contributed by atoms with Gasteiger partial charge in [0.15, 0.2) is 0 Å². The Balaban J connectivity index is 1.97. The van der Waals surface area contributed by atoms with E-state index in [1.165, 1.54) is 17.7 Å². The average Bonchev–Trinajstić information content (AvgIpc) is 2.87. The predicted octanol–water partition coefficient (Wildman–Crippen LogP) is 3.30.